The van der Waals surface area contributed by atoms with Gasteiger partial charge in [-0.15, -0.1) is 0 Å². The summed E-state index contributed by atoms with van der Waals surface area (Å²) in [5.74, 6) is -2.60. The highest BCUT2D eigenvalue weighted by Gasteiger charge is 2.47. The second-order valence-electron chi connectivity index (χ2n) is 5.10. The normalized spacial score (nSPS) is 15.2. The molecule has 2 aromatic rings. The van der Waals surface area contributed by atoms with Crippen LogP contribution in [0, 0.1) is 0 Å². The van der Waals surface area contributed by atoms with Crippen LogP contribution in [0.4, 0.5) is 30.7 Å². The number of hydrogen-bond acceptors (Lipinski definition) is 0. The van der Waals surface area contributed by atoms with Gasteiger partial charge in [-0.25, -0.2) is 4.39 Å². The van der Waals surface area contributed by atoms with Gasteiger partial charge in [-0.05, 0) is 35.4 Å². The van der Waals surface area contributed by atoms with Crippen LogP contribution in [0.5, 0.6) is 0 Å². The van der Waals surface area contributed by atoms with E-state index in [4.69, 9.17) is 11.6 Å². The number of hydrogen-bond donors (Lipinski definition) is 0. The predicted octanol–water partition coefficient (Wildman–Crippen LogP) is 6.72. The summed E-state index contributed by atoms with van der Waals surface area (Å²) in [6, 6.07) is 7.15. The van der Waals surface area contributed by atoms with Gasteiger partial charge in [0, 0.05) is 5.02 Å². The Labute approximate surface area is 137 Å². The highest BCUT2D eigenvalue weighted by Crippen LogP contribution is 2.46. The topological polar surface area (TPSA) is 0 Å². The van der Waals surface area contributed by atoms with Crippen molar-refractivity contribution in [1.29, 1.82) is 0 Å². The van der Waals surface area contributed by atoms with E-state index in [1.165, 1.54) is 0 Å². The first-order valence-electron chi connectivity index (χ1n) is 6.63. The lowest BCUT2D eigenvalue weighted by Crippen LogP contribution is -2.25. The van der Waals surface area contributed by atoms with E-state index >= 15 is 0 Å². The van der Waals surface area contributed by atoms with E-state index in [2.05, 4.69) is 0 Å². The second-order valence-corrected chi connectivity index (χ2v) is 5.53. The van der Waals surface area contributed by atoms with Gasteiger partial charge in [0.2, 0.25) is 0 Å². The van der Waals surface area contributed by atoms with Gasteiger partial charge in [-0.1, -0.05) is 35.9 Å². The molecule has 0 aliphatic rings. The minimum absolute atomic E-state index is 0.161. The van der Waals surface area contributed by atoms with Crippen molar-refractivity contribution in [3.05, 3.63) is 70.2 Å². The molecular weight excluding hydrogens is 361 g/mol. The maximum absolute atomic E-state index is 14.5. The average molecular weight is 371 g/mol. The molecule has 2 rings (SSSR count). The van der Waals surface area contributed by atoms with Gasteiger partial charge in [0.1, 0.15) is 12.1 Å². The van der Waals surface area contributed by atoms with E-state index in [0.717, 1.165) is 36.4 Å². The van der Waals surface area contributed by atoms with Crippen LogP contribution in [0.3, 0.4) is 0 Å². The summed E-state index contributed by atoms with van der Waals surface area (Å²) in [6.45, 7) is 0. The van der Waals surface area contributed by atoms with E-state index < -0.39 is 41.1 Å². The molecule has 8 heteroatoms. The van der Waals surface area contributed by atoms with E-state index in [9.17, 15) is 30.7 Å². The molecule has 0 aliphatic carbocycles. The fourth-order valence-electron chi connectivity index (χ4n) is 2.27. The van der Waals surface area contributed by atoms with E-state index in [0.29, 0.717) is 12.1 Å². The Morgan fingerprint density at radius 2 is 1.38 bits per heavy atom. The molecule has 0 saturated heterocycles. The van der Waals surface area contributed by atoms with Crippen LogP contribution >= 0.6 is 11.6 Å². The molecule has 0 N–H and O–H groups in total. The number of rotatable bonds is 3. The fourth-order valence-corrected chi connectivity index (χ4v) is 2.40. The predicted molar refractivity (Wildman–Crippen MR) is 75.5 cm³/mol. The van der Waals surface area contributed by atoms with E-state index in [1.807, 2.05) is 0 Å². The van der Waals surface area contributed by atoms with Crippen molar-refractivity contribution in [3.8, 4) is 0 Å². The molecule has 2 atom stereocenters. The molecule has 0 spiro atoms. The molecule has 0 amide bonds. The molecule has 0 radical (unpaired) electrons. The van der Waals surface area contributed by atoms with Crippen LogP contribution in [0.1, 0.15) is 28.8 Å². The SMILES string of the molecule is FC(c1cccc(C(F)(F)F)c1)C(c1ccc(Cl)cc1)C(F)(F)F. The molecule has 0 nitrogen and oxygen atoms in total. The largest absolute Gasteiger partial charge is 0.416 e. The zero-order chi connectivity index (χ0) is 18.1. The highest BCUT2D eigenvalue weighted by molar-refractivity contribution is 6.30. The Bertz CT molecular complexity index is 689. The van der Waals surface area contributed by atoms with Crippen molar-refractivity contribution in [3.63, 3.8) is 0 Å². The van der Waals surface area contributed by atoms with Gasteiger partial charge in [0.05, 0.1) is 5.56 Å². The zero-order valence-corrected chi connectivity index (χ0v) is 12.6. The van der Waals surface area contributed by atoms with Crippen molar-refractivity contribution in [1.82, 2.24) is 0 Å². The minimum Gasteiger partial charge on any atom is -0.241 e. The molecule has 0 fully saturated rings. The van der Waals surface area contributed by atoms with Crippen LogP contribution in [0.15, 0.2) is 48.5 Å². The van der Waals surface area contributed by atoms with Crippen molar-refractivity contribution >= 4 is 11.6 Å². The van der Waals surface area contributed by atoms with Gasteiger partial charge >= 0.3 is 12.4 Å². The van der Waals surface area contributed by atoms with Crippen LogP contribution in [0.2, 0.25) is 5.02 Å². The monoisotopic (exact) mass is 370 g/mol. The van der Waals surface area contributed by atoms with Gasteiger partial charge in [0.15, 0.2) is 0 Å². The summed E-state index contributed by atoms with van der Waals surface area (Å²) < 4.78 is 92.4. The summed E-state index contributed by atoms with van der Waals surface area (Å²) >= 11 is 5.60. The molecule has 130 valence electrons. The third kappa shape index (κ3) is 4.20. The van der Waals surface area contributed by atoms with Gasteiger partial charge in [-0.2, -0.15) is 26.3 Å². The maximum Gasteiger partial charge on any atom is 0.416 e. The molecule has 2 aromatic carbocycles. The summed E-state index contributed by atoms with van der Waals surface area (Å²) in [7, 11) is 0. The molecule has 24 heavy (non-hydrogen) atoms. The summed E-state index contributed by atoms with van der Waals surface area (Å²) in [4.78, 5) is 0. The first kappa shape index (κ1) is 18.6. The molecular formula is C16H10ClF7. The van der Waals surface area contributed by atoms with Crippen LogP contribution in [0.25, 0.3) is 0 Å². The molecule has 0 saturated carbocycles. The first-order chi connectivity index (χ1) is 11.0. The number of alkyl halides is 7. The Balaban J connectivity index is 2.46. The quantitative estimate of drug-likeness (QED) is 0.526. The van der Waals surface area contributed by atoms with Crippen LogP contribution in [-0.4, -0.2) is 6.18 Å². The van der Waals surface area contributed by atoms with Crippen molar-refractivity contribution in [2.45, 2.75) is 24.4 Å². The van der Waals surface area contributed by atoms with Gasteiger partial charge in [-0.3, -0.25) is 0 Å². The summed E-state index contributed by atoms with van der Waals surface area (Å²) in [5, 5.41) is 0.161. The van der Waals surface area contributed by atoms with E-state index in [-0.39, 0.29) is 5.02 Å². The smallest absolute Gasteiger partial charge is 0.241 e. The standard InChI is InChI=1S/C16H10ClF7/c17-12-6-4-9(5-7-12)13(16(22,23)24)14(18)10-2-1-3-11(8-10)15(19,20)21/h1-8,13-14H. The Kier molecular flexibility index (Phi) is 5.13. The molecule has 2 unspecified atom stereocenters. The lowest BCUT2D eigenvalue weighted by Gasteiger charge is -2.25. The Hall–Kier alpha value is -1.76. The average Bonchev–Trinajstić information content (AvgIpc) is 2.47. The van der Waals surface area contributed by atoms with Crippen LogP contribution < -0.4 is 0 Å². The third-order valence-corrected chi connectivity index (χ3v) is 3.66. The lowest BCUT2D eigenvalue weighted by atomic mass is 9.89. The lowest BCUT2D eigenvalue weighted by molar-refractivity contribution is -0.165. The van der Waals surface area contributed by atoms with Gasteiger partial charge < -0.3 is 0 Å². The zero-order valence-electron chi connectivity index (χ0n) is 11.8. The second kappa shape index (κ2) is 6.63. The minimum atomic E-state index is -4.98. The van der Waals surface area contributed by atoms with Crippen molar-refractivity contribution in [2.24, 2.45) is 0 Å². The molecule has 0 bridgehead atoms. The van der Waals surface area contributed by atoms with Crippen molar-refractivity contribution < 1.29 is 30.7 Å². The van der Waals surface area contributed by atoms with Gasteiger partial charge in [0.25, 0.3) is 0 Å². The molecule has 0 heterocycles. The highest BCUT2D eigenvalue weighted by atomic mass is 35.5. The first-order valence-corrected chi connectivity index (χ1v) is 7.01. The molecule has 0 aromatic heterocycles. The van der Waals surface area contributed by atoms with Crippen molar-refractivity contribution in [2.75, 3.05) is 0 Å². The molecule has 0 aliphatic heterocycles. The summed E-state index contributed by atoms with van der Waals surface area (Å²) in [5.41, 5.74) is -2.32. The fraction of sp³-hybridized carbons (Fsp3) is 0.250. The maximum atomic E-state index is 14.5. The van der Waals surface area contributed by atoms with Crippen LogP contribution in [-0.2, 0) is 6.18 Å². The van der Waals surface area contributed by atoms with E-state index in [1.54, 1.807) is 0 Å². The number of benzene rings is 2. The third-order valence-electron chi connectivity index (χ3n) is 3.41. The Morgan fingerprint density at radius 3 is 1.88 bits per heavy atom. The number of halogens is 8. The Morgan fingerprint density at radius 1 is 0.792 bits per heavy atom. The summed E-state index contributed by atoms with van der Waals surface area (Å²) in [6.07, 6.45) is -12.4.